The van der Waals surface area contributed by atoms with Gasteiger partial charge in [0.2, 0.25) is 10.0 Å². The fourth-order valence-electron chi connectivity index (χ4n) is 1.21. The summed E-state index contributed by atoms with van der Waals surface area (Å²) in [5.74, 6) is 0.270. The van der Waals surface area contributed by atoms with Gasteiger partial charge in [-0.15, -0.1) is 0 Å². The van der Waals surface area contributed by atoms with E-state index in [9.17, 15) is 8.42 Å². The van der Waals surface area contributed by atoms with E-state index in [2.05, 4.69) is 20.7 Å². The summed E-state index contributed by atoms with van der Waals surface area (Å²) in [6, 6.07) is 6.81. The van der Waals surface area contributed by atoms with Crippen LogP contribution in [0.4, 0.5) is 0 Å². The highest BCUT2D eigenvalue weighted by atomic mass is 79.9. The van der Waals surface area contributed by atoms with Crippen LogP contribution in [0.5, 0.6) is 0 Å². The molecular weight excluding hydrogens is 302 g/mol. The Labute approximate surface area is 112 Å². The molecule has 0 heterocycles. The van der Waals surface area contributed by atoms with Gasteiger partial charge in [-0.05, 0) is 30.5 Å². The molecule has 1 rings (SSSR count). The first kappa shape index (κ1) is 14.7. The van der Waals surface area contributed by atoms with E-state index in [1.807, 2.05) is 32.9 Å². The fourth-order valence-corrected chi connectivity index (χ4v) is 2.97. The third-order valence-electron chi connectivity index (χ3n) is 2.73. The Bertz CT molecular complexity index is 454. The average molecular weight is 320 g/mol. The first-order valence-corrected chi connectivity index (χ1v) is 8.14. The third kappa shape index (κ3) is 4.08. The lowest BCUT2D eigenvalue weighted by molar-refractivity contribution is 0.476. The minimum Gasteiger partial charge on any atom is -0.208 e. The number of hydrogen-bond acceptors (Lipinski definition) is 2. The van der Waals surface area contributed by atoms with Gasteiger partial charge in [0.25, 0.3) is 0 Å². The maximum absolute atomic E-state index is 12.0. The van der Waals surface area contributed by atoms with Gasteiger partial charge in [-0.2, -0.15) is 0 Å². The number of halogens is 1. The van der Waals surface area contributed by atoms with Crippen molar-refractivity contribution < 1.29 is 8.42 Å². The van der Waals surface area contributed by atoms with Gasteiger partial charge < -0.3 is 0 Å². The molecular formula is C12H18BrNO2S. The molecule has 0 radical (unpaired) electrons. The molecule has 0 aliphatic heterocycles. The fraction of sp³-hybridized carbons (Fsp3) is 0.500. The summed E-state index contributed by atoms with van der Waals surface area (Å²) in [6.07, 6.45) is 0. The topological polar surface area (TPSA) is 46.2 Å². The Morgan fingerprint density at radius 3 is 2.12 bits per heavy atom. The number of hydrogen-bond donors (Lipinski definition) is 1. The molecule has 0 spiro atoms. The lowest BCUT2D eigenvalue weighted by Crippen LogP contribution is -2.36. The molecule has 1 N–H and O–H groups in total. The lowest BCUT2D eigenvalue weighted by atomic mass is 10.1. The maximum Gasteiger partial charge on any atom is 0.240 e. The second-order valence-corrected chi connectivity index (χ2v) is 6.71. The molecule has 1 aromatic rings. The monoisotopic (exact) mass is 319 g/mol. The quantitative estimate of drug-likeness (QED) is 0.848. The molecule has 5 heteroatoms. The van der Waals surface area contributed by atoms with Crippen LogP contribution in [0.2, 0.25) is 0 Å². The van der Waals surface area contributed by atoms with E-state index >= 15 is 0 Å². The van der Waals surface area contributed by atoms with Gasteiger partial charge in [-0.25, -0.2) is 13.1 Å². The van der Waals surface area contributed by atoms with E-state index in [1.54, 1.807) is 12.1 Å². The van der Waals surface area contributed by atoms with Gasteiger partial charge >= 0.3 is 0 Å². The molecule has 17 heavy (non-hydrogen) atoms. The molecule has 0 bridgehead atoms. The number of rotatable bonds is 5. The van der Waals surface area contributed by atoms with Gasteiger partial charge in [-0.1, -0.05) is 41.9 Å². The standard InChI is InChI=1S/C12H18BrNO2S/c1-9(2)10(3)14-17(15,16)12-6-4-11(8-13)5-7-12/h4-7,9-10,14H,8H2,1-3H3. The highest BCUT2D eigenvalue weighted by molar-refractivity contribution is 9.08. The van der Waals surface area contributed by atoms with E-state index < -0.39 is 10.0 Å². The van der Waals surface area contributed by atoms with Crippen molar-refractivity contribution in [2.75, 3.05) is 0 Å². The van der Waals surface area contributed by atoms with Gasteiger partial charge in [0.05, 0.1) is 4.90 Å². The minimum absolute atomic E-state index is 0.0733. The Hall–Kier alpha value is -0.390. The van der Waals surface area contributed by atoms with Crippen LogP contribution in [0.25, 0.3) is 0 Å². The summed E-state index contributed by atoms with van der Waals surface area (Å²) in [7, 11) is -3.39. The predicted octanol–water partition coefficient (Wildman–Crippen LogP) is 2.90. The Morgan fingerprint density at radius 1 is 1.18 bits per heavy atom. The van der Waals surface area contributed by atoms with Crippen molar-refractivity contribution in [3.8, 4) is 0 Å². The van der Waals surface area contributed by atoms with Crippen molar-refractivity contribution in [3.05, 3.63) is 29.8 Å². The van der Waals surface area contributed by atoms with Crippen LogP contribution in [0.15, 0.2) is 29.2 Å². The Kier molecular flexibility index (Phi) is 5.16. The van der Waals surface area contributed by atoms with Crippen molar-refractivity contribution in [1.82, 2.24) is 4.72 Å². The van der Waals surface area contributed by atoms with Crippen molar-refractivity contribution >= 4 is 26.0 Å². The van der Waals surface area contributed by atoms with Gasteiger partial charge in [0.1, 0.15) is 0 Å². The van der Waals surface area contributed by atoms with Crippen LogP contribution in [0, 0.1) is 5.92 Å². The molecule has 3 nitrogen and oxygen atoms in total. The minimum atomic E-state index is -3.39. The first-order chi connectivity index (χ1) is 7.86. The van der Waals surface area contributed by atoms with Crippen LogP contribution in [-0.2, 0) is 15.4 Å². The van der Waals surface area contributed by atoms with Crippen molar-refractivity contribution in [2.24, 2.45) is 5.92 Å². The van der Waals surface area contributed by atoms with E-state index in [0.717, 1.165) is 10.9 Å². The third-order valence-corrected chi connectivity index (χ3v) is 4.95. The molecule has 0 fully saturated rings. The molecule has 0 saturated carbocycles. The van der Waals surface area contributed by atoms with Gasteiger partial charge in [-0.3, -0.25) is 0 Å². The molecule has 0 aromatic heterocycles. The molecule has 0 aliphatic carbocycles. The lowest BCUT2D eigenvalue weighted by Gasteiger charge is -2.17. The molecule has 1 unspecified atom stereocenters. The zero-order valence-electron chi connectivity index (χ0n) is 10.3. The second kappa shape index (κ2) is 5.98. The zero-order valence-corrected chi connectivity index (χ0v) is 12.7. The normalized spacial score (nSPS) is 13.9. The Balaban J connectivity index is 2.89. The van der Waals surface area contributed by atoms with Crippen LogP contribution in [0.3, 0.4) is 0 Å². The molecule has 1 aromatic carbocycles. The number of alkyl halides is 1. The zero-order chi connectivity index (χ0) is 13.1. The van der Waals surface area contributed by atoms with Crippen LogP contribution >= 0.6 is 15.9 Å². The summed E-state index contributed by atoms with van der Waals surface area (Å²) in [5.41, 5.74) is 1.06. The van der Waals surface area contributed by atoms with Crippen LogP contribution in [-0.4, -0.2) is 14.5 Å². The van der Waals surface area contributed by atoms with E-state index in [1.165, 1.54) is 0 Å². The smallest absolute Gasteiger partial charge is 0.208 e. The summed E-state index contributed by atoms with van der Waals surface area (Å²) >= 11 is 3.33. The summed E-state index contributed by atoms with van der Waals surface area (Å²) < 4.78 is 26.7. The highest BCUT2D eigenvalue weighted by Crippen LogP contribution is 2.14. The van der Waals surface area contributed by atoms with Gasteiger partial charge in [0.15, 0.2) is 0 Å². The van der Waals surface area contributed by atoms with Crippen molar-refractivity contribution in [2.45, 2.75) is 37.0 Å². The summed E-state index contributed by atoms with van der Waals surface area (Å²) in [5, 5.41) is 0.725. The molecule has 0 saturated heterocycles. The maximum atomic E-state index is 12.0. The van der Waals surface area contributed by atoms with E-state index in [0.29, 0.717) is 4.90 Å². The summed E-state index contributed by atoms with van der Waals surface area (Å²) in [4.78, 5) is 0.315. The SMILES string of the molecule is CC(C)C(C)NS(=O)(=O)c1ccc(CBr)cc1. The molecule has 96 valence electrons. The van der Waals surface area contributed by atoms with Crippen LogP contribution in [0.1, 0.15) is 26.3 Å². The summed E-state index contributed by atoms with van der Waals surface area (Å²) in [6.45, 7) is 5.84. The first-order valence-electron chi connectivity index (χ1n) is 5.54. The van der Waals surface area contributed by atoms with E-state index in [-0.39, 0.29) is 12.0 Å². The largest absolute Gasteiger partial charge is 0.240 e. The van der Waals surface area contributed by atoms with Crippen LogP contribution < -0.4 is 4.72 Å². The number of sulfonamides is 1. The Morgan fingerprint density at radius 2 is 1.71 bits per heavy atom. The highest BCUT2D eigenvalue weighted by Gasteiger charge is 2.18. The van der Waals surface area contributed by atoms with Crippen molar-refractivity contribution in [1.29, 1.82) is 0 Å². The number of benzene rings is 1. The average Bonchev–Trinajstić information content (AvgIpc) is 2.28. The van der Waals surface area contributed by atoms with E-state index in [4.69, 9.17) is 0 Å². The molecule has 1 atom stereocenters. The molecule has 0 amide bonds. The second-order valence-electron chi connectivity index (χ2n) is 4.43. The van der Waals surface area contributed by atoms with Crippen molar-refractivity contribution in [3.63, 3.8) is 0 Å². The number of nitrogens with one attached hydrogen (secondary N) is 1. The van der Waals surface area contributed by atoms with Gasteiger partial charge in [0, 0.05) is 11.4 Å². The predicted molar refractivity (Wildman–Crippen MR) is 73.7 cm³/mol. The molecule has 0 aliphatic rings.